The molecule has 1 N–H and O–H groups in total. The second kappa shape index (κ2) is 14.3. The largest absolute Gasteiger partial charge is 0.352 e. The molecule has 3 aromatic carbocycles. The van der Waals surface area contributed by atoms with Crippen molar-refractivity contribution in [3.05, 3.63) is 94.0 Å². The summed E-state index contributed by atoms with van der Waals surface area (Å²) in [5, 5.41) is 3.14. The third-order valence-corrected chi connectivity index (χ3v) is 10.2. The van der Waals surface area contributed by atoms with E-state index in [1.807, 2.05) is 50.2 Å². The van der Waals surface area contributed by atoms with Crippen molar-refractivity contribution < 1.29 is 18.0 Å². The van der Waals surface area contributed by atoms with Crippen molar-refractivity contribution in [1.29, 1.82) is 0 Å². The van der Waals surface area contributed by atoms with Gasteiger partial charge in [0.25, 0.3) is 10.0 Å². The summed E-state index contributed by atoms with van der Waals surface area (Å²) in [6.45, 7) is 5.28. The zero-order valence-electron chi connectivity index (χ0n) is 24.6. The molecule has 1 aliphatic carbocycles. The molecule has 0 spiro atoms. The van der Waals surface area contributed by atoms with Gasteiger partial charge in [0.05, 0.1) is 10.6 Å². The van der Waals surface area contributed by atoms with E-state index in [2.05, 4.69) is 21.2 Å². The molecule has 0 radical (unpaired) electrons. The van der Waals surface area contributed by atoms with Gasteiger partial charge in [-0.2, -0.15) is 0 Å². The van der Waals surface area contributed by atoms with Gasteiger partial charge in [0.15, 0.2) is 0 Å². The Balaban J connectivity index is 1.70. The average molecular weight is 655 g/mol. The van der Waals surface area contributed by atoms with Crippen molar-refractivity contribution >= 4 is 43.5 Å². The van der Waals surface area contributed by atoms with Crippen LogP contribution >= 0.6 is 15.9 Å². The minimum atomic E-state index is -4.10. The standard InChI is InChI=1S/C33H40BrN3O4S/c1-4-27-12-8-9-16-31(27)37(42(40,41)30-19-17-24(2)18-20-30)23-32(38)36(22-26-11-10-13-28(34)21-26)25(3)33(39)35-29-14-6-5-7-15-29/h8-13,16-21,25,29H,4-7,14-15,22-23H2,1-3H3,(H,35,39)/t25-/m1/s1. The summed E-state index contributed by atoms with van der Waals surface area (Å²) in [7, 11) is -4.10. The molecule has 0 aromatic heterocycles. The number of nitrogens with zero attached hydrogens (tertiary/aromatic N) is 2. The summed E-state index contributed by atoms with van der Waals surface area (Å²) in [6.07, 6.45) is 5.75. The number of nitrogens with one attached hydrogen (secondary N) is 1. The molecule has 0 bridgehead atoms. The normalized spacial score (nSPS) is 14.7. The highest BCUT2D eigenvalue weighted by Gasteiger charge is 2.34. The van der Waals surface area contributed by atoms with Gasteiger partial charge in [0, 0.05) is 17.1 Å². The Labute approximate surface area is 258 Å². The highest BCUT2D eigenvalue weighted by molar-refractivity contribution is 9.10. The first-order valence-electron chi connectivity index (χ1n) is 14.6. The van der Waals surface area contributed by atoms with E-state index in [-0.39, 0.29) is 23.4 Å². The first-order chi connectivity index (χ1) is 20.1. The lowest BCUT2D eigenvalue weighted by molar-refractivity contribution is -0.139. The number of aryl methyl sites for hydroxylation is 2. The molecule has 224 valence electrons. The van der Waals surface area contributed by atoms with E-state index < -0.39 is 28.5 Å². The summed E-state index contributed by atoms with van der Waals surface area (Å²) in [6, 6.07) is 20.7. The topological polar surface area (TPSA) is 86.8 Å². The molecule has 1 saturated carbocycles. The zero-order chi connectivity index (χ0) is 30.3. The quantitative estimate of drug-likeness (QED) is 0.260. The van der Waals surface area contributed by atoms with Crippen molar-refractivity contribution in [3.63, 3.8) is 0 Å². The van der Waals surface area contributed by atoms with Gasteiger partial charge in [-0.15, -0.1) is 0 Å². The molecule has 0 heterocycles. The molecule has 1 fully saturated rings. The molecule has 42 heavy (non-hydrogen) atoms. The Hall–Kier alpha value is -3.17. The maximum Gasteiger partial charge on any atom is 0.264 e. The maximum absolute atomic E-state index is 14.2. The molecular formula is C33H40BrN3O4S. The van der Waals surface area contributed by atoms with Crippen LogP contribution in [0.5, 0.6) is 0 Å². The average Bonchev–Trinajstić information content (AvgIpc) is 2.99. The fourth-order valence-corrected chi connectivity index (χ4v) is 7.29. The van der Waals surface area contributed by atoms with Crippen LogP contribution in [-0.4, -0.2) is 43.8 Å². The summed E-state index contributed by atoms with van der Waals surface area (Å²) < 4.78 is 30.3. The van der Waals surface area contributed by atoms with E-state index in [0.717, 1.165) is 46.8 Å². The number of hydrogen-bond acceptors (Lipinski definition) is 4. The minimum Gasteiger partial charge on any atom is -0.352 e. The lowest BCUT2D eigenvalue weighted by Gasteiger charge is -2.33. The molecule has 9 heteroatoms. The third-order valence-electron chi connectivity index (χ3n) is 7.89. The van der Waals surface area contributed by atoms with Crippen LogP contribution in [0.2, 0.25) is 0 Å². The second-order valence-corrected chi connectivity index (χ2v) is 13.8. The smallest absolute Gasteiger partial charge is 0.264 e. The van der Waals surface area contributed by atoms with Crippen LogP contribution in [0.4, 0.5) is 5.69 Å². The van der Waals surface area contributed by atoms with Gasteiger partial charge in [-0.3, -0.25) is 13.9 Å². The van der Waals surface area contributed by atoms with E-state index in [9.17, 15) is 18.0 Å². The Bertz CT molecular complexity index is 1490. The molecule has 4 rings (SSSR count). The van der Waals surface area contributed by atoms with Gasteiger partial charge in [0.1, 0.15) is 12.6 Å². The van der Waals surface area contributed by atoms with E-state index in [4.69, 9.17) is 0 Å². The first kappa shape index (κ1) is 31.8. The van der Waals surface area contributed by atoms with Gasteiger partial charge < -0.3 is 10.2 Å². The van der Waals surface area contributed by atoms with Crippen molar-refractivity contribution in [2.45, 2.75) is 82.8 Å². The van der Waals surface area contributed by atoms with Gasteiger partial charge in [0.2, 0.25) is 11.8 Å². The summed E-state index contributed by atoms with van der Waals surface area (Å²) in [4.78, 5) is 29.3. The fraction of sp³-hybridized carbons (Fsp3) is 0.394. The lowest BCUT2D eigenvalue weighted by atomic mass is 9.95. The number of carbonyl (C=O) groups is 2. The molecule has 1 atom stereocenters. The van der Waals surface area contributed by atoms with Crippen LogP contribution in [-0.2, 0) is 32.6 Å². The fourth-order valence-electron chi connectivity index (χ4n) is 5.39. The Morgan fingerprint density at radius 3 is 2.33 bits per heavy atom. The van der Waals surface area contributed by atoms with Crippen molar-refractivity contribution in [2.24, 2.45) is 0 Å². The van der Waals surface area contributed by atoms with Crippen LogP contribution in [0.15, 0.2) is 82.2 Å². The molecule has 3 aromatic rings. The lowest BCUT2D eigenvalue weighted by Crippen LogP contribution is -2.53. The van der Waals surface area contributed by atoms with Crippen LogP contribution in [0.25, 0.3) is 0 Å². The SMILES string of the molecule is CCc1ccccc1N(CC(=O)N(Cc1cccc(Br)c1)[C@H](C)C(=O)NC1CCCCC1)S(=O)(=O)c1ccc(C)cc1. The molecule has 2 amide bonds. The first-order valence-corrected chi connectivity index (χ1v) is 16.8. The van der Waals surface area contributed by atoms with E-state index in [1.165, 1.54) is 15.6 Å². The third kappa shape index (κ3) is 7.81. The van der Waals surface area contributed by atoms with Crippen LogP contribution in [0, 0.1) is 6.92 Å². The zero-order valence-corrected chi connectivity index (χ0v) is 27.0. The predicted molar refractivity (Wildman–Crippen MR) is 171 cm³/mol. The highest BCUT2D eigenvalue weighted by atomic mass is 79.9. The van der Waals surface area contributed by atoms with Crippen molar-refractivity contribution in [1.82, 2.24) is 10.2 Å². The van der Waals surface area contributed by atoms with Gasteiger partial charge in [-0.05, 0) is 74.6 Å². The number of carbonyl (C=O) groups excluding carboxylic acids is 2. The molecule has 0 aliphatic heterocycles. The summed E-state index contributed by atoms with van der Waals surface area (Å²) >= 11 is 3.49. The number of rotatable bonds is 11. The number of benzene rings is 3. The number of halogens is 1. The molecule has 7 nitrogen and oxygen atoms in total. The summed E-state index contributed by atoms with van der Waals surface area (Å²) in [5.41, 5.74) is 3.03. The van der Waals surface area contributed by atoms with Crippen LogP contribution < -0.4 is 9.62 Å². The maximum atomic E-state index is 14.2. The van der Waals surface area contributed by atoms with Crippen LogP contribution in [0.1, 0.15) is 62.6 Å². The molecule has 1 aliphatic rings. The summed E-state index contributed by atoms with van der Waals surface area (Å²) in [5.74, 6) is -0.685. The van der Waals surface area contributed by atoms with Gasteiger partial charge in [-0.1, -0.05) is 90.1 Å². The Morgan fingerprint density at radius 2 is 1.67 bits per heavy atom. The van der Waals surface area contributed by atoms with Crippen molar-refractivity contribution in [2.75, 3.05) is 10.8 Å². The van der Waals surface area contributed by atoms with Crippen LogP contribution in [0.3, 0.4) is 0 Å². The highest BCUT2D eigenvalue weighted by Crippen LogP contribution is 2.29. The second-order valence-electron chi connectivity index (χ2n) is 11.0. The number of sulfonamides is 1. The molecular weight excluding hydrogens is 614 g/mol. The monoisotopic (exact) mass is 653 g/mol. The van der Waals surface area contributed by atoms with E-state index >= 15 is 0 Å². The van der Waals surface area contributed by atoms with E-state index in [1.54, 1.807) is 43.3 Å². The minimum absolute atomic E-state index is 0.0892. The Morgan fingerprint density at radius 1 is 0.976 bits per heavy atom. The van der Waals surface area contributed by atoms with Gasteiger partial charge in [-0.25, -0.2) is 8.42 Å². The van der Waals surface area contributed by atoms with E-state index in [0.29, 0.717) is 12.1 Å². The predicted octanol–water partition coefficient (Wildman–Crippen LogP) is 6.38. The number of anilines is 1. The molecule has 0 unspecified atom stereocenters. The molecule has 0 saturated heterocycles. The number of para-hydroxylation sites is 1. The number of amides is 2. The Kier molecular flexibility index (Phi) is 10.8. The number of hydrogen-bond donors (Lipinski definition) is 1. The van der Waals surface area contributed by atoms with Crippen molar-refractivity contribution in [3.8, 4) is 0 Å². The van der Waals surface area contributed by atoms with Gasteiger partial charge >= 0.3 is 0 Å².